The van der Waals surface area contributed by atoms with Crippen molar-refractivity contribution in [3.8, 4) is 0 Å². The average molecular weight is 304 g/mol. The molecule has 1 saturated heterocycles. The molecule has 1 aromatic rings. The van der Waals surface area contributed by atoms with Gasteiger partial charge in [-0.25, -0.2) is 0 Å². The summed E-state index contributed by atoms with van der Waals surface area (Å²) in [7, 11) is 0. The molecular formula is C12H16BrClN2. The minimum absolute atomic E-state index is 0.316. The molecule has 0 aliphatic carbocycles. The summed E-state index contributed by atoms with van der Waals surface area (Å²) in [6.45, 7) is 4.23. The van der Waals surface area contributed by atoms with Crippen molar-refractivity contribution in [2.24, 2.45) is 5.73 Å². The van der Waals surface area contributed by atoms with E-state index in [1.807, 2.05) is 6.07 Å². The number of likely N-dealkylation sites (tertiary alicyclic amines) is 1. The molecule has 2 rings (SSSR count). The Morgan fingerprint density at radius 1 is 1.56 bits per heavy atom. The summed E-state index contributed by atoms with van der Waals surface area (Å²) in [5, 5.41) is 0.759. The van der Waals surface area contributed by atoms with Crippen LogP contribution in [-0.2, 0) is 6.54 Å². The summed E-state index contributed by atoms with van der Waals surface area (Å²) in [6, 6.07) is 6.87. The van der Waals surface area contributed by atoms with Gasteiger partial charge in [0.05, 0.1) is 5.02 Å². The van der Waals surface area contributed by atoms with Gasteiger partial charge in [-0.05, 0) is 47.0 Å². The van der Waals surface area contributed by atoms with Crippen LogP contribution in [0.15, 0.2) is 22.7 Å². The van der Waals surface area contributed by atoms with Gasteiger partial charge in [0.15, 0.2) is 0 Å². The summed E-state index contributed by atoms with van der Waals surface area (Å²) < 4.78 is 0.961. The van der Waals surface area contributed by atoms with Crippen molar-refractivity contribution in [1.82, 2.24) is 4.90 Å². The lowest BCUT2D eigenvalue weighted by molar-refractivity contribution is 0.251. The summed E-state index contributed by atoms with van der Waals surface area (Å²) in [4.78, 5) is 2.42. The van der Waals surface area contributed by atoms with E-state index in [1.165, 1.54) is 5.56 Å². The molecule has 1 aliphatic heterocycles. The third kappa shape index (κ3) is 2.59. The minimum Gasteiger partial charge on any atom is -0.326 e. The second kappa shape index (κ2) is 5.05. The molecule has 2 nitrogen and oxygen atoms in total. The molecule has 4 heteroatoms. The highest BCUT2D eigenvalue weighted by molar-refractivity contribution is 9.10. The topological polar surface area (TPSA) is 29.3 Å². The average Bonchev–Trinajstić information content (AvgIpc) is 2.55. The molecular weight excluding hydrogens is 288 g/mol. The van der Waals surface area contributed by atoms with E-state index >= 15 is 0 Å². The van der Waals surface area contributed by atoms with E-state index in [-0.39, 0.29) is 0 Å². The molecule has 2 unspecified atom stereocenters. The van der Waals surface area contributed by atoms with Crippen LogP contribution in [0.25, 0.3) is 0 Å². The van der Waals surface area contributed by atoms with Crippen LogP contribution < -0.4 is 5.73 Å². The predicted octanol–water partition coefficient (Wildman–Crippen LogP) is 3.02. The Morgan fingerprint density at radius 2 is 2.31 bits per heavy atom. The maximum absolute atomic E-state index is 6.00. The molecule has 1 fully saturated rings. The molecule has 1 aromatic carbocycles. The first-order valence-electron chi connectivity index (χ1n) is 5.51. The first-order valence-corrected chi connectivity index (χ1v) is 6.68. The van der Waals surface area contributed by atoms with Crippen molar-refractivity contribution in [3.05, 3.63) is 33.3 Å². The van der Waals surface area contributed by atoms with Crippen LogP contribution in [0.4, 0.5) is 0 Å². The van der Waals surface area contributed by atoms with Gasteiger partial charge in [-0.15, -0.1) is 0 Å². The third-order valence-electron chi connectivity index (χ3n) is 3.31. The Bertz CT molecular complexity index is 383. The van der Waals surface area contributed by atoms with Gasteiger partial charge in [0.2, 0.25) is 0 Å². The molecule has 88 valence electrons. The quantitative estimate of drug-likeness (QED) is 0.910. The first-order chi connectivity index (χ1) is 7.58. The van der Waals surface area contributed by atoms with Gasteiger partial charge < -0.3 is 5.73 Å². The Balaban J connectivity index is 2.07. The summed E-state index contributed by atoms with van der Waals surface area (Å²) in [5.74, 6) is 0. The minimum atomic E-state index is 0.316. The van der Waals surface area contributed by atoms with Gasteiger partial charge in [-0.3, -0.25) is 4.90 Å². The fourth-order valence-corrected chi connectivity index (χ4v) is 2.67. The predicted molar refractivity (Wildman–Crippen MR) is 71.6 cm³/mol. The van der Waals surface area contributed by atoms with Gasteiger partial charge in [-0.1, -0.05) is 17.7 Å². The van der Waals surface area contributed by atoms with E-state index in [0.29, 0.717) is 12.1 Å². The number of halogens is 2. The SMILES string of the molecule is CC1C(N)CCN1Cc1ccc(Cl)c(Br)c1. The van der Waals surface area contributed by atoms with Crippen molar-refractivity contribution in [2.45, 2.75) is 32.0 Å². The molecule has 0 saturated carbocycles. The molecule has 1 heterocycles. The Morgan fingerprint density at radius 3 is 2.88 bits per heavy atom. The number of hydrogen-bond donors (Lipinski definition) is 1. The van der Waals surface area contributed by atoms with E-state index < -0.39 is 0 Å². The van der Waals surface area contributed by atoms with Crippen molar-refractivity contribution in [3.63, 3.8) is 0 Å². The Hall–Kier alpha value is -0.0900. The van der Waals surface area contributed by atoms with Crippen LogP contribution in [-0.4, -0.2) is 23.5 Å². The lowest BCUT2D eigenvalue weighted by Gasteiger charge is -2.23. The van der Waals surface area contributed by atoms with Crippen molar-refractivity contribution >= 4 is 27.5 Å². The van der Waals surface area contributed by atoms with E-state index in [2.05, 4.69) is 39.9 Å². The van der Waals surface area contributed by atoms with Crippen LogP contribution in [0.3, 0.4) is 0 Å². The van der Waals surface area contributed by atoms with Crippen molar-refractivity contribution in [2.75, 3.05) is 6.54 Å². The molecule has 0 bridgehead atoms. The maximum Gasteiger partial charge on any atom is 0.0548 e. The van der Waals surface area contributed by atoms with Crippen LogP contribution in [0.1, 0.15) is 18.9 Å². The number of nitrogens with zero attached hydrogens (tertiary/aromatic N) is 1. The zero-order chi connectivity index (χ0) is 11.7. The molecule has 2 atom stereocenters. The third-order valence-corrected chi connectivity index (χ3v) is 4.53. The fourth-order valence-electron chi connectivity index (χ4n) is 2.13. The monoisotopic (exact) mass is 302 g/mol. The van der Waals surface area contributed by atoms with E-state index in [1.54, 1.807) is 0 Å². The fraction of sp³-hybridized carbons (Fsp3) is 0.500. The Kier molecular flexibility index (Phi) is 3.90. The van der Waals surface area contributed by atoms with Crippen molar-refractivity contribution in [1.29, 1.82) is 0 Å². The number of rotatable bonds is 2. The zero-order valence-corrected chi connectivity index (χ0v) is 11.6. The van der Waals surface area contributed by atoms with Crippen molar-refractivity contribution < 1.29 is 0 Å². The molecule has 0 aromatic heterocycles. The van der Waals surface area contributed by atoms with Gasteiger partial charge in [0.25, 0.3) is 0 Å². The molecule has 1 aliphatic rings. The van der Waals surface area contributed by atoms with Crippen LogP contribution in [0.5, 0.6) is 0 Å². The molecule has 2 N–H and O–H groups in total. The van der Waals surface area contributed by atoms with Crippen LogP contribution in [0, 0.1) is 0 Å². The van der Waals surface area contributed by atoms with Gasteiger partial charge in [-0.2, -0.15) is 0 Å². The normalized spacial score (nSPS) is 26.2. The first kappa shape index (κ1) is 12.4. The van der Waals surface area contributed by atoms with E-state index in [4.69, 9.17) is 17.3 Å². The maximum atomic E-state index is 6.00. The second-order valence-corrected chi connectivity index (χ2v) is 5.67. The molecule has 0 radical (unpaired) electrons. The van der Waals surface area contributed by atoms with E-state index in [9.17, 15) is 0 Å². The standard InChI is InChI=1S/C12H16BrClN2/c1-8-12(15)4-5-16(8)7-9-2-3-11(14)10(13)6-9/h2-3,6,8,12H,4-5,7,15H2,1H3. The molecule has 0 amide bonds. The lowest BCUT2D eigenvalue weighted by atomic mass is 10.1. The highest BCUT2D eigenvalue weighted by Gasteiger charge is 2.27. The van der Waals surface area contributed by atoms with Gasteiger partial charge >= 0.3 is 0 Å². The Labute approximate surface area is 110 Å². The summed E-state index contributed by atoms with van der Waals surface area (Å²) in [5.41, 5.74) is 7.28. The van der Waals surface area contributed by atoms with Gasteiger partial charge in [0, 0.05) is 29.6 Å². The molecule has 16 heavy (non-hydrogen) atoms. The van der Waals surface area contributed by atoms with Crippen LogP contribution >= 0.6 is 27.5 Å². The summed E-state index contributed by atoms with van der Waals surface area (Å²) in [6.07, 6.45) is 1.09. The largest absolute Gasteiger partial charge is 0.326 e. The highest BCUT2D eigenvalue weighted by atomic mass is 79.9. The number of hydrogen-bond acceptors (Lipinski definition) is 2. The zero-order valence-electron chi connectivity index (χ0n) is 9.29. The number of benzene rings is 1. The second-order valence-electron chi connectivity index (χ2n) is 4.41. The smallest absolute Gasteiger partial charge is 0.0548 e. The summed E-state index contributed by atoms with van der Waals surface area (Å²) >= 11 is 9.42. The molecule has 0 spiro atoms. The van der Waals surface area contributed by atoms with Crippen LogP contribution in [0.2, 0.25) is 5.02 Å². The van der Waals surface area contributed by atoms with Gasteiger partial charge in [0.1, 0.15) is 0 Å². The van der Waals surface area contributed by atoms with E-state index in [0.717, 1.165) is 29.0 Å². The highest BCUT2D eigenvalue weighted by Crippen LogP contribution is 2.25. The number of nitrogens with two attached hydrogens (primary N) is 1. The lowest BCUT2D eigenvalue weighted by Crippen LogP contribution is -2.36.